The minimum atomic E-state index is 0.0497. The third-order valence-corrected chi connectivity index (χ3v) is 2.74. The molecule has 5 nitrogen and oxygen atoms in total. The number of nitrogens with zero attached hydrogens (tertiary/aromatic N) is 2. The van der Waals surface area contributed by atoms with Crippen LogP contribution in [0.5, 0.6) is 5.88 Å². The van der Waals surface area contributed by atoms with Crippen molar-refractivity contribution in [1.29, 1.82) is 0 Å². The number of imidazole rings is 1. The van der Waals surface area contributed by atoms with Gasteiger partial charge in [-0.15, -0.1) is 0 Å². The first-order valence-electron chi connectivity index (χ1n) is 5.25. The molecule has 2 heterocycles. The Morgan fingerprint density at radius 2 is 2.24 bits per heavy atom. The molecule has 0 aliphatic carbocycles. The van der Waals surface area contributed by atoms with Crippen LogP contribution in [-0.2, 0) is 0 Å². The van der Waals surface area contributed by atoms with Gasteiger partial charge in [-0.2, -0.15) is 0 Å². The lowest BCUT2D eigenvalue weighted by Crippen LogP contribution is -2.09. The Kier molecular flexibility index (Phi) is 3.53. The van der Waals surface area contributed by atoms with Crippen molar-refractivity contribution in [3.8, 4) is 5.88 Å². The van der Waals surface area contributed by atoms with E-state index >= 15 is 0 Å². The lowest BCUT2D eigenvalue weighted by Gasteiger charge is -2.11. The summed E-state index contributed by atoms with van der Waals surface area (Å²) >= 11 is 1.43. The van der Waals surface area contributed by atoms with Gasteiger partial charge in [0.2, 0.25) is 5.88 Å². The van der Waals surface area contributed by atoms with Gasteiger partial charge >= 0.3 is 0 Å². The van der Waals surface area contributed by atoms with Crippen LogP contribution in [0.25, 0.3) is 0 Å². The SMILES string of the molecule is CC(C)Oc1nc(Sc2ncc[nH]2)ccc1N. The fourth-order valence-corrected chi connectivity index (χ4v) is 1.92. The molecule has 90 valence electrons. The van der Waals surface area contributed by atoms with Gasteiger partial charge in [0.25, 0.3) is 0 Å². The van der Waals surface area contributed by atoms with E-state index in [1.165, 1.54) is 11.8 Å². The summed E-state index contributed by atoms with van der Waals surface area (Å²) < 4.78 is 5.52. The molecule has 0 aromatic carbocycles. The number of anilines is 1. The number of ether oxygens (including phenoxy) is 1. The van der Waals surface area contributed by atoms with Crippen molar-refractivity contribution in [3.05, 3.63) is 24.5 Å². The molecule has 0 spiro atoms. The lowest BCUT2D eigenvalue weighted by atomic mass is 10.4. The Hall–Kier alpha value is -1.69. The number of nitrogens with two attached hydrogens (primary N) is 1. The first kappa shape index (κ1) is 11.8. The first-order chi connectivity index (χ1) is 8.15. The van der Waals surface area contributed by atoms with Gasteiger partial charge in [0.15, 0.2) is 5.16 Å². The van der Waals surface area contributed by atoms with Crippen molar-refractivity contribution in [2.45, 2.75) is 30.1 Å². The van der Waals surface area contributed by atoms with E-state index in [1.807, 2.05) is 19.9 Å². The lowest BCUT2D eigenvalue weighted by molar-refractivity contribution is 0.232. The minimum absolute atomic E-state index is 0.0497. The molecule has 2 rings (SSSR count). The number of nitrogens with one attached hydrogen (secondary N) is 1. The summed E-state index contributed by atoms with van der Waals surface area (Å²) in [5, 5.41) is 1.59. The number of aromatic nitrogens is 3. The standard InChI is InChI=1S/C11H14N4OS/c1-7(2)16-10-8(12)3-4-9(15-10)17-11-13-5-6-14-11/h3-7H,12H2,1-2H3,(H,13,14). The van der Waals surface area contributed by atoms with Gasteiger partial charge in [-0.1, -0.05) is 0 Å². The van der Waals surface area contributed by atoms with Gasteiger partial charge in [-0.05, 0) is 37.7 Å². The van der Waals surface area contributed by atoms with Crippen LogP contribution in [0.1, 0.15) is 13.8 Å². The van der Waals surface area contributed by atoms with Gasteiger partial charge < -0.3 is 15.5 Å². The zero-order valence-electron chi connectivity index (χ0n) is 9.68. The molecule has 3 N–H and O–H groups in total. The third kappa shape index (κ3) is 3.13. The average Bonchev–Trinajstić information content (AvgIpc) is 2.75. The highest BCUT2D eigenvalue weighted by Crippen LogP contribution is 2.28. The van der Waals surface area contributed by atoms with Gasteiger partial charge in [0, 0.05) is 12.4 Å². The van der Waals surface area contributed by atoms with E-state index in [9.17, 15) is 0 Å². The van der Waals surface area contributed by atoms with Gasteiger partial charge in [-0.25, -0.2) is 9.97 Å². The van der Waals surface area contributed by atoms with E-state index in [4.69, 9.17) is 10.5 Å². The van der Waals surface area contributed by atoms with E-state index in [-0.39, 0.29) is 6.10 Å². The summed E-state index contributed by atoms with van der Waals surface area (Å²) in [7, 11) is 0. The number of hydrogen-bond donors (Lipinski definition) is 2. The van der Waals surface area contributed by atoms with Crippen LogP contribution in [0.3, 0.4) is 0 Å². The van der Waals surface area contributed by atoms with Crippen LogP contribution in [0.15, 0.2) is 34.7 Å². The molecule has 2 aromatic heterocycles. The molecule has 17 heavy (non-hydrogen) atoms. The smallest absolute Gasteiger partial charge is 0.238 e. The van der Waals surface area contributed by atoms with Crippen LogP contribution in [-0.4, -0.2) is 21.1 Å². The van der Waals surface area contributed by atoms with Crippen molar-refractivity contribution in [2.75, 3.05) is 5.73 Å². The number of hydrogen-bond acceptors (Lipinski definition) is 5. The molecule has 6 heteroatoms. The Morgan fingerprint density at radius 3 is 2.88 bits per heavy atom. The molecule has 0 amide bonds. The molecule has 0 aliphatic heterocycles. The molecule has 0 fully saturated rings. The Labute approximate surface area is 104 Å². The van der Waals surface area contributed by atoms with Crippen molar-refractivity contribution in [1.82, 2.24) is 15.0 Å². The topological polar surface area (TPSA) is 76.8 Å². The molecule has 0 saturated carbocycles. The quantitative estimate of drug-likeness (QED) is 0.870. The molecule has 0 saturated heterocycles. The fourth-order valence-electron chi connectivity index (χ4n) is 1.21. The summed E-state index contributed by atoms with van der Waals surface area (Å²) in [6, 6.07) is 3.63. The zero-order valence-corrected chi connectivity index (χ0v) is 10.5. The number of rotatable bonds is 4. The molecular formula is C11H14N4OS. The third-order valence-electron chi connectivity index (χ3n) is 1.89. The predicted molar refractivity (Wildman–Crippen MR) is 67.1 cm³/mol. The molecule has 0 radical (unpaired) electrons. The largest absolute Gasteiger partial charge is 0.473 e. The first-order valence-corrected chi connectivity index (χ1v) is 6.07. The number of H-pyrrole nitrogens is 1. The second-order valence-corrected chi connectivity index (χ2v) is 4.72. The van der Waals surface area contributed by atoms with Gasteiger partial charge in [0.1, 0.15) is 5.03 Å². The number of aromatic amines is 1. The van der Waals surface area contributed by atoms with Crippen molar-refractivity contribution in [3.63, 3.8) is 0 Å². The maximum atomic E-state index is 5.79. The molecule has 0 unspecified atom stereocenters. The van der Waals surface area contributed by atoms with E-state index < -0.39 is 0 Å². The van der Waals surface area contributed by atoms with Crippen molar-refractivity contribution >= 4 is 17.4 Å². The van der Waals surface area contributed by atoms with Crippen LogP contribution < -0.4 is 10.5 Å². The predicted octanol–water partition coefficient (Wildman–Crippen LogP) is 2.33. The molecular weight excluding hydrogens is 236 g/mol. The van der Waals surface area contributed by atoms with Gasteiger partial charge in [0.05, 0.1) is 11.8 Å². The fraction of sp³-hybridized carbons (Fsp3) is 0.273. The summed E-state index contributed by atoms with van der Waals surface area (Å²) in [5.74, 6) is 0.469. The molecule has 0 bridgehead atoms. The summed E-state index contributed by atoms with van der Waals surface area (Å²) in [6.07, 6.45) is 3.52. The Bertz CT molecular complexity index is 484. The second kappa shape index (κ2) is 5.09. The van der Waals surface area contributed by atoms with E-state index in [1.54, 1.807) is 18.5 Å². The normalized spacial score (nSPS) is 10.8. The minimum Gasteiger partial charge on any atom is -0.473 e. The van der Waals surface area contributed by atoms with E-state index in [0.717, 1.165) is 10.2 Å². The van der Waals surface area contributed by atoms with E-state index in [2.05, 4.69) is 15.0 Å². The summed E-state index contributed by atoms with van der Waals surface area (Å²) in [5.41, 5.74) is 6.33. The highest BCUT2D eigenvalue weighted by Gasteiger charge is 2.08. The summed E-state index contributed by atoms with van der Waals surface area (Å²) in [4.78, 5) is 11.5. The maximum absolute atomic E-state index is 5.79. The number of nitrogen functional groups attached to an aromatic ring is 1. The van der Waals surface area contributed by atoms with Crippen molar-refractivity contribution in [2.24, 2.45) is 0 Å². The number of pyridine rings is 1. The van der Waals surface area contributed by atoms with Crippen LogP contribution in [0, 0.1) is 0 Å². The summed E-state index contributed by atoms with van der Waals surface area (Å²) in [6.45, 7) is 3.88. The van der Waals surface area contributed by atoms with Crippen LogP contribution >= 0.6 is 11.8 Å². The monoisotopic (exact) mass is 250 g/mol. The maximum Gasteiger partial charge on any atom is 0.238 e. The van der Waals surface area contributed by atoms with Crippen molar-refractivity contribution < 1.29 is 4.74 Å². The van der Waals surface area contributed by atoms with Crippen LogP contribution in [0.4, 0.5) is 5.69 Å². The Morgan fingerprint density at radius 1 is 1.41 bits per heavy atom. The average molecular weight is 250 g/mol. The molecule has 2 aromatic rings. The highest BCUT2D eigenvalue weighted by molar-refractivity contribution is 7.99. The zero-order chi connectivity index (χ0) is 12.3. The Balaban J connectivity index is 2.18. The highest BCUT2D eigenvalue weighted by atomic mass is 32.2. The molecule has 0 atom stereocenters. The molecule has 0 aliphatic rings. The van der Waals surface area contributed by atoms with E-state index in [0.29, 0.717) is 11.6 Å². The van der Waals surface area contributed by atoms with Crippen LogP contribution in [0.2, 0.25) is 0 Å². The van der Waals surface area contributed by atoms with Gasteiger partial charge in [-0.3, -0.25) is 0 Å². The second-order valence-electron chi connectivity index (χ2n) is 3.71.